The molecule has 0 aliphatic rings. The summed E-state index contributed by atoms with van der Waals surface area (Å²) in [5.74, 6) is 2.17. The van der Waals surface area contributed by atoms with Crippen molar-refractivity contribution in [1.29, 1.82) is 0 Å². The number of nitrogens with one attached hydrogen (secondary N) is 2. The van der Waals surface area contributed by atoms with E-state index in [1.54, 1.807) is 42.5 Å². The molecule has 2 heterocycles. The zero-order chi connectivity index (χ0) is 32.8. The van der Waals surface area contributed by atoms with Crippen LogP contribution in [0.4, 0.5) is 5.69 Å². The van der Waals surface area contributed by atoms with E-state index in [-0.39, 0.29) is 22.7 Å². The maximum atomic E-state index is 12.8. The van der Waals surface area contributed by atoms with Crippen LogP contribution < -0.4 is 19.5 Å². The molecule has 47 heavy (non-hydrogen) atoms. The lowest BCUT2D eigenvalue weighted by molar-refractivity contribution is -0.113. The van der Waals surface area contributed by atoms with Crippen molar-refractivity contribution in [2.75, 3.05) is 32.4 Å². The molecule has 12 heteroatoms. The van der Waals surface area contributed by atoms with Crippen LogP contribution in [0, 0.1) is 0 Å². The van der Waals surface area contributed by atoms with Crippen LogP contribution in [0.2, 0.25) is 0 Å². The Bertz CT molecular complexity index is 2010. The van der Waals surface area contributed by atoms with Gasteiger partial charge in [0.15, 0.2) is 17.3 Å². The summed E-state index contributed by atoms with van der Waals surface area (Å²) in [6.45, 7) is 0. The predicted octanol–water partition coefficient (Wildman–Crippen LogP) is 6.93. The largest absolute Gasteiger partial charge is 0.493 e. The summed E-state index contributed by atoms with van der Waals surface area (Å²) in [6.07, 6.45) is 3.12. The minimum absolute atomic E-state index is 0.0603. The van der Waals surface area contributed by atoms with Crippen LogP contribution in [0.5, 0.6) is 17.2 Å². The number of rotatable bonds is 12. The lowest BCUT2D eigenvalue weighted by Crippen LogP contribution is -2.14. The molecule has 0 aliphatic carbocycles. The van der Waals surface area contributed by atoms with Crippen LogP contribution in [-0.2, 0) is 4.79 Å². The van der Waals surface area contributed by atoms with Gasteiger partial charge in [-0.1, -0.05) is 42.1 Å². The van der Waals surface area contributed by atoms with Crippen LogP contribution in [0.1, 0.15) is 15.9 Å². The Labute approximate surface area is 274 Å². The average Bonchev–Trinajstić information content (AvgIpc) is 3.77. The number of H-pyrrole nitrogens is 1. The Morgan fingerprint density at radius 3 is 2.26 bits per heavy atom. The molecule has 2 N–H and O–H groups in total. The highest BCUT2D eigenvalue weighted by molar-refractivity contribution is 7.99. The van der Waals surface area contributed by atoms with Crippen LogP contribution in [0.3, 0.4) is 0 Å². The molecule has 0 aliphatic heterocycles. The SMILES string of the molecule is COc1cc(/C=C/C(=O)c2ccc(NC(=O)CSc3nnc(-c4ccc(-c5nc6ccccc6[nH]5)cc4)o3)cc2)cc(OC)c1OC. The van der Waals surface area contributed by atoms with E-state index in [1.807, 2.05) is 48.5 Å². The van der Waals surface area contributed by atoms with Gasteiger partial charge in [-0.15, -0.1) is 10.2 Å². The lowest BCUT2D eigenvalue weighted by Gasteiger charge is -2.12. The number of fused-ring (bicyclic) bond motifs is 1. The molecule has 2 aromatic heterocycles. The van der Waals surface area contributed by atoms with Gasteiger partial charge in [0.1, 0.15) is 5.82 Å². The number of hydrogen-bond donors (Lipinski definition) is 2. The number of para-hydroxylation sites is 2. The standard InChI is InChI=1S/C35H29N5O6S/c1-43-29-18-21(19-30(44-2)32(29)45-3)8-17-28(41)22-13-15-25(16-14-22)36-31(42)20-47-35-40-39-34(46-35)24-11-9-23(10-12-24)33-37-26-6-4-5-7-27(26)38-33/h4-19H,20H2,1-3H3,(H,36,42)(H,37,38)/b17-8+. The Balaban J connectivity index is 1.01. The number of thioether (sulfide) groups is 1. The molecule has 1 amide bonds. The van der Waals surface area contributed by atoms with Crippen LogP contribution >= 0.6 is 11.8 Å². The summed E-state index contributed by atoms with van der Waals surface area (Å²) in [5, 5.41) is 11.3. The van der Waals surface area contributed by atoms with Crippen molar-refractivity contribution in [3.63, 3.8) is 0 Å². The Morgan fingerprint density at radius 2 is 1.57 bits per heavy atom. The van der Waals surface area contributed by atoms with Gasteiger partial charge in [0.05, 0.1) is 38.1 Å². The fraction of sp³-hybridized carbons (Fsp3) is 0.114. The van der Waals surface area contributed by atoms with Gasteiger partial charge in [0, 0.05) is 22.4 Å². The third-order valence-electron chi connectivity index (χ3n) is 7.10. The summed E-state index contributed by atoms with van der Waals surface area (Å²) in [4.78, 5) is 33.3. The zero-order valence-corrected chi connectivity index (χ0v) is 26.5. The summed E-state index contributed by atoms with van der Waals surface area (Å²) in [6, 6.07) is 25.6. The van der Waals surface area contributed by atoms with E-state index in [9.17, 15) is 9.59 Å². The van der Waals surface area contributed by atoms with Crippen molar-refractivity contribution in [2.45, 2.75) is 5.22 Å². The maximum absolute atomic E-state index is 12.8. The van der Waals surface area contributed by atoms with Gasteiger partial charge in [0.25, 0.3) is 5.22 Å². The predicted molar refractivity (Wildman–Crippen MR) is 180 cm³/mol. The van der Waals surface area contributed by atoms with Crippen molar-refractivity contribution in [1.82, 2.24) is 20.2 Å². The molecule has 236 valence electrons. The van der Waals surface area contributed by atoms with Gasteiger partial charge < -0.3 is 28.9 Å². The number of carbonyl (C=O) groups excluding carboxylic acids is 2. The smallest absolute Gasteiger partial charge is 0.277 e. The van der Waals surface area contributed by atoms with E-state index in [2.05, 4.69) is 25.5 Å². The number of hydrogen-bond acceptors (Lipinski definition) is 10. The maximum Gasteiger partial charge on any atom is 0.277 e. The third kappa shape index (κ3) is 7.18. The second-order valence-electron chi connectivity index (χ2n) is 10.1. The summed E-state index contributed by atoms with van der Waals surface area (Å²) in [7, 11) is 4.59. The molecular formula is C35H29N5O6S. The minimum Gasteiger partial charge on any atom is -0.493 e. The molecule has 0 spiro atoms. The number of ketones is 1. The van der Waals surface area contributed by atoms with Gasteiger partial charge in [-0.25, -0.2) is 4.98 Å². The van der Waals surface area contributed by atoms with Crippen molar-refractivity contribution in [2.24, 2.45) is 0 Å². The Morgan fingerprint density at radius 1 is 0.872 bits per heavy atom. The number of methoxy groups -OCH3 is 3. The Hall–Kier alpha value is -5.88. The molecular weight excluding hydrogens is 618 g/mol. The second kappa shape index (κ2) is 14.0. The zero-order valence-electron chi connectivity index (χ0n) is 25.6. The summed E-state index contributed by atoms with van der Waals surface area (Å²) in [5.41, 5.74) is 5.28. The van der Waals surface area contributed by atoms with E-state index in [1.165, 1.54) is 27.4 Å². The number of allylic oxidation sites excluding steroid dienone is 1. The van der Waals surface area contributed by atoms with Gasteiger partial charge >= 0.3 is 0 Å². The second-order valence-corrected chi connectivity index (χ2v) is 11.1. The molecule has 11 nitrogen and oxygen atoms in total. The van der Waals surface area contributed by atoms with E-state index in [0.717, 1.165) is 39.7 Å². The third-order valence-corrected chi connectivity index (χ3v) is 7.91. The number of nitrogens with zero attached hydrogens (tertiary/aromatic N) is 3. The molecule has 6 aromatic rings. The number of aromatic nitrogens is 4. The number of ether oxygens (including phenoxy) is 3. The van der Waals surface area contributed by atoms with Gasteiger partial charge in [-0.05, 0) is 72.3 Å². The first kappa shape index (κ1) is 31.1. The minimum atomic E-state index is -0.258. The monoisotopic (exact) mass is 647 g/mol. The van der Waals surface area contributed by atoms with Crippen molar-refractivity contribution in [3.8, 4) is 40.1 Å². The average molecular weight is 648 g/mol. The lowest BCUT2D eigenvalue weighted by atomic mass is 10.1. The quantitative estimate of drug-likeness (QED) is 0.0816. The van der Waals surface area contributed by atoms with Crippen molar-refractivity contribution in [3.05, 3.63) is 102 Å². The highest BCUT2D eigenvalue weighted by Crippen LogP contribution is 2.38. The first-order valence-corrected chi connectivity index (χ1v) is 15.4. The van der Waals surface area contributed by atoms with Crippen LogP contribution in [0.15, 0.2) is 101 Å². The number of anilines is 1. The van der Waals surface area contributed by atoms with Gasteiger partial charge in [0.2, 0.25) is 17.5 Å². The Kier molecular flexibility index (Phi) is 9.30. The van der Waals surface area contributed by atoms with E-state index in [0.29, 0.717) is 40.0 Å². The summed E-state index contributed by atoms with van der Waals surface area (Å²) >= 11 is 1.13. The molecule has 0 atom stereocenters. The molecule has 4 aromatic carbocycles. The van der Waals surface area contributed by atoms with E-state index in [4.69, 9.17) is 18.6 Å². The molecule has 0 unspecified atom stereocenters. The molecule has 6 rings (SSSR count). The van der Waals surface area contributed by atoms with Crippen LogP contribution in [-0.4, -0.2) is 58.9 Å². The number of amides is 1. The fourth-order valence-corrected chi connectivity index (χ4v) is 5.32. The number of imidazole rings is 1. The normalized spacial score (nSPS) is 11.1. The van der Waals surface area contributed by atoms with Crippen molar-refractivity contribution >= 4 is 46.2 Å². The highest BCUT2D eigenvalue weighted by atomic mass is 32.2. The van der Waals surface area contributed by atoms with Gasteiger partial charge in [-0.2, -0.15) is 0 Å². The molecule has 0 saturated carbocycles. The molecule has 0 bridgehead atoms. The topological polar surface area (TPSA) is 141 Å². The van der Waals surface area contributed by atoms with Crippen LogP contribution in [0.25, 0.3) is 40.0 Å². The first-order valence-electron chi connectivity index (χ1n) is 14.4. The van der Waals surface area contributed by atoms with Gasteiger partial charge in [-0.3, -0.25) is 9.59 Å². The van der Waals surface area contributed by atoms with E-state index >= 15 is 0 Å². The summed E-state index contributed by atoms with van der Waals surface area (Å²) < 4.78 is 21.8. The number of aromatic amines is 1. The first-order chi connectivity index (χ1) is 22.9. The highest BCUT2D eigenvalue weighted by Gasteiger charge is 2.14. The fourth-order valence-electron chi connectivity index (χ4n) is 4.75. The number of benzene rings is 4. The molecule has 0 radical (unpaired) electrons. The van der Waals surface area contributed by atoms with Crippen molar-refractivity contribution < 1.29 is 28.2 Å². The number of carbonyl (C=O) groups is 2. The molecule has 0 saturated heterocycles. The molecule has 0 fully saturated rings. The van der Waals surface area contributed by atoms with E-state index < -0.39 is 0 Å².